The molecule has 0 amide bonds. The van der Waals surface area contributed by atoms with Crippen molar-refractivity contribution in [3.05, 3.63) is 29.4 Å². The van der Waals surface area contributed by atoms with Crippen LogP contribution in [0, 0.1) is 5.92 Å². The van der Waals surface area contributed by atoms with Gasteiger partial charge in [-0.05, 0) is 31.9 Å². The van der Waals surface area contributed by atoms with Crippen LogP contribution in [0.4, 0.5) is 0 Å². The number of ether oxygens (including phenoxy) is 1. The Bertz CT molecular complexity index is 540. The highest BCUT2D eigenvalue weighted by molar-refractivity contribution is 6.34. The first-order chi connectivity index (χ1) is 9.13. The Morgan fingerprint density at radius 1 is 1.47 bits per heavy atom. The lowest BCUT2D eigenvalue weighted by Gasteiger charge is -1.95. The summed E-state index contributed by atoms with van der Waals surface area (Å²) in [6.07, 6.45) is 2.08. The molecule has 0 atom stereocenters. The van der Waals surface area contributed by atoms with E-state index < -0.39 is 0 Å². The Morgan fingerprint density at radius 3 is 2.74 bits per heavy atom. The minimum atomic E-state index is -0.00694. The molecule has 0 radical (unpaired) electrons. The molecule has 1 heterocycles. The van der Waals surface area contributed by atoms with Crippen LogP contribution in [0.25, 0.3) is 10.9 Å². The van der Waals surface area contributed by atoms with Crippen LogP contribution in [0.15, 0.2) is 24.3 Å². The SMILES string of the molecule is CCOC(=O)C1CC1.Cn1nc(Cl)c2ccccc21. The number of rotatable bonds is 2. The number of esters is 1. The number of hydrogen-bond donors (Lipinski definition) is 0. The van der Waals surface area contributed by atoms with E-state index in [4.69, 9.17) is 16.3 Å². The Hall–Kier alpha value is -1.55. The van der Waals surface area contributed by atoms with Crippen molar-refractivity contribution in [1.29, 1.82) is 0 Å². The molecule has 2 aromatic rings. The van der Waals surface area contributed by atoms with Crippen molar-refractivity contribution in [3.63, 3.8) is 0 Å². The number of fused-ring (bicyclic) bond motifs is 1. The van der Waals surface area contributed by atoms with Crippen molar-refractivity contribution in [3.8, 4) is 0 Å². The van der Waals surface area contributed by atoms with Crippen molar-refractivity contribution in [2.75, 3.05) is 6.61 Å². The molecule has 1 aromatic heterocycles. The number of carbonyl (C=O) groups excluding carboxylic acids is 1. The van der Waals surface area contributed by atoms with E-state index in [2.05, 4.69) is 5.10 Å². The smallest absolute Gasteiger partial charge is 0.308 e. The lowest BCUT2D eigenvalue weighted by atomic mass is 10.3. The van der Waals surface area contributed by atoms with Crippen LogP contribution in [-0.4, -0.2) is 22.4 Å². The molecule has 1 aliphatic carbocycles. The Morgan fingerprint density at radius 2 is 2.16 bits per heavy atom. The van der Waals surface area contributed by atoms with Gasteiger partial charge in [0.15, 0.2) is 5.15 Å². The highest BCUT2D eigenvalue weighted by Crippen LogP contribution is 2.29. The third kappa shape index (κ3) is 3.47. The van der Waals surface area contributed by atoms with Gasteiger partial charge in [-0.15, -0.1) is 0 Å². The number of para-hydroxylation sites is 1. The fraction of sp³-hybridized carbons (Fsp3) is 0.429. The quantitative estimate of drug-likeness (QED) is 0.794. The Kier molecular flexibility index (Phi) is 4.43. The number of aryl methyl sites for hydroxylation is 1. The van der Waals surface area contributed by atoms with Crippen LogP contribution < -0.4 is 0 Å². The van der Waals surface area contributed by atoms with Crippen LogP contribution >= 0.6 is 11.6 Å². The van der Waals surface area contributed by atoms with Gasteiger partial charge >= 0.3 is 5.97 Å². The zero-order valence-electron chi connectivity index (χ0n) is 11.1. The lowest BCUT2D eigenvalue weighted by molar-refractivity contribution is -0.144. The predicted molar refractivity (Wildman–Crippen MR) is 75.1 cm³/mol. The van der Waals surface area contributed by atoms with Crippen LogP contribution in [0.2, 0.25) is 5.15 Å². The molecule has 4 nitrogen and oxygen atoms in total. The third-order valence-corrected chi connectivity index (χ3v) is 3.19. The standard InChI is InChI=1S/C8H7ClN2.C6H10O2/c1-11-7-5-3-2-4-6(7)8(9)10-11;1-2-8-6(7)5-3-4-5/h2-5H,1H3;5H,2-4H2,1H3. The van der Waals surface area contributed by atoms with Crippen molar-refractivity contribution in [2.24, 2.45) is 13.0 Å². The zero-order valence-corrected chi connectivity index (χ0v) is 11.9. The van der Waals surface area contributed by atoms with E-state index >= 15 is 0 Å². The van der Waals surface area contributed by atoms with Gasteiger partial charge in [-0.25, -0.2) is 0 Å². The molecule has 1 aliphatic rings. The van der Waals surface area contributed by atoms with E-state index in [0.29, 0.717) is 11.8 Å². The van der Waals surface area contributed by atoms with Gasteiger partial charge in [-0.2, -0.15) is 5.10 Å². The minimum Gasteiger partial charge on any atom is -0.466 e. The fourth-order valence-corrected chi connectivity index (χ4v) is 2.02. The Balaban J connectivity index is 0.000000148. The molecule has 102 valence electrons. The summed E-state index contributed by atoms with van der Waals surface area (Å²) in [5.74, 6) is 0.252. The molecular weight excluding hydrogens is 264 g/mol. The van der Waals surface area contributed by atoms with Gasteiger partial charge in [0.1, 0.15) is 0 Å². The number of hydrogen-bond acceptors (Lipinski definition) is 3. The molecule has 0 saturated heterocycles. The number of aromatic nitrogens is 2. The summed E-state index contributed by atoms with van der Waals surface area (Å²) in [6.45, 7) is 2.36. The monoisotopic (exact) mass is 280 g/mol. The topological polar surface area (TPSA) is 44.1 Å². The molecule has 0 N–H and O–H groups in total. The molecular formula is C14H17ClN2O2. The highest BCUT2D eigenvalue weighted by atomic mass is 35.5. The van der Waals surface area contributed by atoms with Crippen molar-refractivity contribution >= 4 is 28.5 Å². The van der Waals surface area contributed by atoms with E-state index in [-0.39, 0.29) is 11.9 Å². The summed E-state index contributed by atoms with van der Waals surface area (Å²) in [5.41, 5.74) is 1.07. The summed E-state index contributed by atoms with van der Waals surface area (Å²) >= 11 is 5.85. The van der Waals surface area contributed by atoms with Crippen LogP contribution in [0.3, 0.4) is 0 Å². The average Bonchev–Trinajstić information content (AvgIpc) is 3.20. The number of carbonyl (C=O) groups is 1. The van der Waals surface area contributed by atoms with Gasteiger partial charge in [-0.3, -0.25) is 9.48 Å². The van der Waals surface area contributed by atoms with Crippen LogP contribution in [0.1, 0.15) is 19.8 Å². The van der Waals surface area contributed by atoms with Crippen molar-refractivity contribution in [2.45, 2.75) is 19.8 Å². The van der Waals surface area contributed by atoms with Gasteiger partial charge in [0.2, 0.25) is 0 Å². The van der Waals surface area contributed by atoms with E-state index in [0.717, 1.165) is 23.7 Å². The maximum Gasteiger partial charge on any atom is 0.308 e. The second-order valence-corrected chi connectivity index (χ2v) is 4.82. The third-order valence-electron chi connectivity index (χ3n) is 2.91. The van der Waals surface area contributed by atoms with Crippen LogP contribution in [-0.2, 0) is 16.6 Å². The molecule has 0 aliphatic heterocycles. The molecule has 19 heavy (non-hydrogen) atoms. The average molecular weight is 281 g/mol. The first kappa shape index (κ1) is 13.9. The molecule has 0 bridgehead atoms. The van der Waals surface area contributed by atoms with E-state index in [9.17, 15) is 4.79 Å². The summed E-state index contributed by atoms with van der Waals surface area (Å²) in [6, 6.07) is 7.88. The summed E-state index contributed by atoms with van der Waals surface area (Å²) in [4.78, 5) is 10.6. The largest absolute Gasteiger partial charge is 0.466 e. The van der Waals surface area contributed by atoms with E-state index in [1.165, 1.54) is 0 Å². The molecule has 3 rings (SSSR count). The van der Waals surface area contributed by atoms with Gasteiger partial charge in [0.25, 0.3) is 0 Å². The fourth-order valence-electron chi connectivity index (χ4n) is 1.75. The number of halogens is 1. The maximum absolute atomic E-state index is 10.6. The second-order valence-electron chi connectivity index (χ2n) is 4.46. The minimum absolute atomic E-state index is 0.00694. The number of benzene rings is 1. The van der Waals surface area contributed by atoms with Crippen LogP contribution in [0.5, 0.6) is 0 Å². The second kappa shape index (κ2) is 6.06. The molecule has 0 unspecified atom stereocenters. The van der Waals surface area contributed by atoms with Crippen molar-refractivity contribution < 1.29 is 9.53 Å². The highest BCUT2D eigenvalue weighted by Gasteiger charge is 2.30. The van der Waals surface area contributed by atoms with E-state index in [1.807, 2.05) is 38.2 Å². The first-order valence-corrected chi connectivity index (χ1v) is 6.75. The van der Waals surface area contributed by atoms with E-state index in [1.54, 1.807) is 4.68 Å². The molecule has 1 saturated carbocycles. The lowest BCUT2D eigenvalue weighted by Crippen LogP contribution is -2.04. The first-order valence-electron chi connectivity index (χ1n) is 6.37. The molecule has 1 fully saturated rings. The van der Waals surface area contributed by atoms with Crippen molar-refractivity contribution in [1.82, 2.24) is 9.78 Å². The summed E-state index contributed by atoms with van der Waals surface area (Å²) in [5, 5.41) is 5.66. The number of nitrogens with zero attached hydrogens (tertiary/aromatic N) is 2. The molecule has 5 heteroatoms. The van der Waals surface area contributed by atoms with Gasteiger partial charge in [0, 0.05) is 12.4 Å². The van der Waals surface area contributed by atoms with Gasteiger partial charge < -0.3 is 4.74 Å². The Labute approximate surface area is 117 Å². The molecule has 0 spiro atoms. The zero-order chi connectivity index (χ0) is 13.8. The predicted octanol–water partition coefficient (Wildman–Crippen LogP) is 3.19. The summed E-state index contributed by atoms with van der Waals surface area (Å²) < 4.78 is 6.50. The van der Waals surface area contributed by atoms with Gasteiger partial charge in [0.05, 0.1) is 18.0 Å². The molecule has 1 aromatic carbocycles. The maximum atomic E-state index is 10.6. The summed E-state index contributed by atoms with van der Waals surface area (Å²) in [7, 11) is 1.88. The van der Waals surface area contributed by atoms with Gasteiger partial charge in [-0.1, -0.05) is 23.7 Å². The normalized spacial score (nSPS) is 13.8.